The van der Waals surface area contributed by atoms with E-state index in [2.05, 4.69) is 19.2 Å². The SMILES string of the molecule is CC1(C)NC2CCC1C2. The van der Waals surface area contributed by atoms with Crippen LogP contribution in [0.15, 0.2) is 0 Å². The minimum Gasteiger partial charge on any atom is -0.309 e. The van der Waals surface area contributed by atoms with E-state index >= 15 is 0 Å². The van der Waals surface area contributed by atoms with Crippen molar-refractivity contribution < 1.29 is 0 Å². The zero-order valence-corrected chi connectivity index (χ0v) is 6.28. The number of hydrogen-bond acceptors (Lipinski definition) is 1. The third-order valence-corrected chi connectivity index (χ3v) is 3.03. The normalized spacial score (nSPS) is 46.0. The molecule has 2 rings (SSSR count). The van der Waals surface area contributed by atoms with Gasteiger partial charge in [-0.1, -0.05) is 0 Å². The van der Waals surface area contributed by atoms with Crippen LogP contribution in [0.25, 0.3) is 0 Å². The first-order chi connectivity index (χ1) is 4.18. The molecule has 1 heteroatoms. The Balaban J connectivity index is 2.18. The number of piperidine rings is 1. The Labute approximate surface area is 56.8 Å². The minimum atomic E-state index is 0.461. The average molecular weight is 125 g/mol. The molecule has 1 heterocycles. The van der Waals surface area contributed by atoms with Gasteiger partial charge in [0, 0.05) is 11.6 Å². The second-order valence-corrected chi connectivity index (χ2v) is 4.07. The summed E-state index contributed by atoms with van der Waals surface area (Å²) in [5.74, 6) is 0.975. The summed E-state index contributed by atoms with van der Waals surface area (Å²) in [6.07, 6.45) is 4.33. The summed E-state index contributed by atoms with van der Waals surface area (Å²) >= 11 is 0. The van der Waals surface area contributed by atoms with E-state index < -0.39 is 0 Å². The van der Waals surface area contributed by atoms with Gasteiger partial charge < -0.3 is 5.32 Å². The molecule has 0 aromatic carbocycles. The highest BCUT2D eigenvalue weighted by Crippen LogP contribution is 2.41. The van der Waals surface area contributed by atoms with Crippen molar-refractivity contribution in [1.82, 2.24) is 5.32 Å². The lowest BCUT2D eigenvalue weighted by atomic mass is 9.88. The lowest BCUT2D eigenvalue weighted by molar-refractivity contribution is 0.282. The van der Waals surface area contributed by atoms with Gasteiger partial charge in [-0.15, -0.1) is 0 Å². The Morgan fingerprint density at radius 1 is 1.33 bits per heavy atom. The molecule has 1 N–H and O–H groups in total. The van der Waals surface area contributed by atoms with Crippen LogP contribution in [0.3, 0.4) is 0 Å². The summed E-state index contributed by atoms with van der Waals surface area (Å²) in [6, 6.07) is 0.866. The van der Waals surface area contributed by atoms with Gasteiger partial charge in [-0.25, -0.2) is 0 Å². The highest BCUT2D eigenvalue weighted by molar-refractivity contribution is 5.02. The minimum absolute atomic E-state index is 0.461. The first-order valence-corrected chi connectivity index (χ1v) is 3.96. The van der Waals surface area contributed by atoms with Crippen LogP contribution >= 0.6 is 0 Å². The van der Waals surface area contributed by atoms with Gasteiger partial charge in [0.2, 0.25) is 0 Å². The van der Waals surface area contributed by atoms with Gasteiger partial charge in [0.15, 0.2) is 0 Å². The van der Waals surface area contributed by atoms with Crippen molar-refractivity contribution in [3.8, 4) is 0 Å². The molecule has 1 aliphatic heterocycles. The number of hydrogen-bond donors (Lipinski definition) is 1. The highest BCUT2D eigenvalue weighted by atomic mass is 15.1. The van der Waals surface area contributed by atoms with E-state index in [4.69, 9.17) is 0 Å². The molecular formula is C8H15N. The van der Waals surface area contributed by atoms with E-state index in [9.17, 15) is 0 Å². The van der Waals surface area contributed by atoms with Crippen molar-refractivity contribution in [1.29, 1.82) is 0 Å². The monoisotopic (exact) mass is 125 g/mol. The predicted molar refractivity (Wildman–Crippen MR) is 38.3 cm³/mol. The highest BCUT2D eigenvalue weighted by Gasteiger charge is 2.43. The number of fused-ring (bicyclic) bond motifs is 2. The molecule has 0 radical (unpaired) electrons. The Kier molecular flexibility index (Phi) is 0.963. The van der Waals surface area contributed by atoms with Crippen molar-refractivity contribution in [3.63, 3.8) is 0 Å². The van der Waals surface area contributed by atoms with E-state index in [0.717, 1.165) is 12.0 Å². The fourth-order valence-electron chi connectivity index (χ4n) is 2.41. The fraction of sp³-hybridized carbons (Fsp3) is 1.00. The average Bonchev–Trinajstić information content (AvgIpc) is 2.19. The Morgan fingerprint density at radius 2 is 2.11 bits per heavy atom. The maximum atomic E-state index is 3.63. The standard InChI is InChI=1S/C8H15N/c1-8(2)6-3-4-7(5-6)9-8/h6-7,9H,3-5H2,1-2H3. The zero-order valence-electron chi connectivity index (χ0n) is 6.28. The molecule has 2 atom stereocenters. The first-order valence-electron chi connectivity index (χ1n) is 3.96. The van der Waals surface area contributed by atoms with Gasteiger partial charge in [0.25, 0.3) is 0 Å². The summed E-state index contributed by atoms with van der Waals surface area (Å²) in [5.41, 5.74) is 0.461. The molecule has 0 spiro atoms. The second kappa shape index (κ2) is 1.51. The molecule has 1 nitrogen and oxygen atoms in total. The molecule has 9 heavy (non-hydrogen) atoms. The van der Waals surface area contributed by atoms with Crippen LogP contribution < -0.4 is 5.32 Å². The van der Waals surface area contributed by atoms with Crippen LogP contribution in [0, 0.1) is 5.92 Å². The summed E-state index contributed by atoms with van der Waals surface area (Å²) in [5, 5.41) is 3.63. The third kappa shape index (κ3) is 0.710. The maximum absolute atomic E-state index is 3.63. The maximum Gasteiger partial charge on any atom is 0.0156 e. The number of rotatable bonds is 0. The van der Waals surface area contributed by atoms with E-state index in [-0.39, 0.29) is 0 Å². The molecule has 2 unspecified atom stereocenters. The molecule has 2 bridgehead atoms. The van der Waals surface area contributed by atoms with Gasteiger partial charge >= 0.3 is 0 Å². The molecule has 0 aromatic rings. The van der Waals surface area contributed by atoms with E-state index in [1.165, 1.54) is 19.3 Å². The molecule has 1 saturated heterocycles. The topological polar surface area (TPSA) is 12.0 Å². The van der Waals surface area contributed by atoms with Crippen molar-refractivity contribution in [2.75, 3.05) is 0 Å². The van der Waals surface area contributed by atoms with Crippen molar-refractivity contribution in [2.45, 2.75) is 44.7 Å². The summed E-state index contributed by atoms with van der Waals surface area (Å²) in [4.78, 5) is 0. The molecule has 1 aliphatic carbocycles. The van der Waals surface area contributed by atoms with Gasteiger partial charge in [-0.05, 0) is 39.0 Å². The van der Waals surface area contributed by atoms with Gasteiger partial charge in [-0.3, -0.25) is 0 Å². The van der Waals surface area contributed by atoms with E-state index in [0.29, 0.717) is 5.54 Å². The van der Waals surface area contributed by atoms with E-state index in [1.807, 2.05) is 0 Å². The lowest BCUT2D eigenvalue weighted by Gasteiger charge is -2.30. The predicted octanol–water partition coefficient (Wildman–Crippen LogP) is 1.54. The van der Waals surface area contributed by atoms with Crippen molar-refractivity contribution in [3.05, 3.63) is 0 Å². The summed E-state index contributed by atoms with van der Waals surface area (Å²) in [6.45, 7) is 4.66. The lowest BCUT2D eigenvalue weighted by Crippen LogP contribution is -2.44. The van der Waals surface area contributed by atoms with Crippen LogP contribution in [0.1, 0.15) is 33.1 Å². The van der Waals surface area contributed by atoms with Gasteiger partial charge in [0.1, 0.15) is 0 Å². The molecular weight excluding hydrogens is 110 g/mol. The van der Waals surface area contributed by atoms with Crippen LogP contribution in [0.2, 0.25) is 0 Å². The van der Waals surface area contributed by atoms with E-state index in [1.54, 1.807) is 0 Å². The van der Waals surface area contributed by atoms with Gasteiger partial charge in [-0.2, -0.15) is 0 Å². The van der Waals surface area contributed by atoms with Crippen LogP contribution in [0.4, 0.5) is 0 Å². The fourth-order valence-corrected chi connectivity index (χ4v) is 2.41. The second-order valence-electron chi connectivity index (χ2n) is 4.07. The molecule has 0 amide bonds. The molecule has 2 aliphatic rings. The number of nitrogens with one attached hydrogen (secondary N) is 1. The van der Waals surface area contributed by atoms with Crippen molar-refractivity contribution in [2.24, 2.45) is 5.92 Å². The van der Waals surface area contributed by atoms with Crippen LogP contribution in [-0.4, -0.2) is 11.6 Å². The Hall–Kier alpha value is -0.0400. The molecule has 1 saturated carbocycles. The first kappa shape index (κ1) is 5.72. The molecule has 2 fully saturated rings. The Morgan fingerprint density at radius 3 is 2.33 bits per heavy atom. The molecule has 0 aromatic heterocycles. The largest absolute Gasteiger partial charge is 0.309 e. The van der Waals surface area contributed by atoms with Crippen LogP contribution in [0.5, 0.6) is 0 Å². The quantitative estimate of drug-likeness (QED) is 0.518. The molecule has 52 valence electrons. The van der Waals surface area contributed by atoms with Crippen molar-refractivity contribution >= 4 is 0 Å². The summed E-state index contributed by atoms with van der Waals surface area (Å²) in [7, 11) is 0. The summed E-state index contributed by atoms with van der Waals surface area (Å²) < 4.78 is 0. The van der Waals surface area contributed by atoms with Gasteiger partial charge in [0.05, 0.1) is 0 Å². The zero-order chi connectivity index (χ0) is 6.48. The third-order valence-electron chi connectivity index (χ3n) is 3.03. The van der Waals surface area contributed by atoms with Crippen LogP contribution in [-0.2, 0) is 0 Å². The Bertz CT molecular complexity index is 129. The smallest absolute Gasteiger partial charge is 0.0156 e.